The molecule has 0 amide bonds. The zero-order valence-corrected chi connectivity index (χ0v) is 12.3. The summed E-state index contributed by atoms with van der Waals surface area (Å²) in [6.07, 6.45) is 1.77. The summed E-state index contributed by atoms with van der Waals surface area (Å²) in [6.45, 7) is 5.53. The van der Waals surface area contributed by atoms with Gasteiger partial charge >= 0.3 is 5.97 Å². The molecule has 2 rings (SSSR count). The summed E-state index contributed by atoms with van der Waals surface area (Å²) >= 11 is 0. The Morgan fingerprint density at radius 2 is 2.30 bits per heavy atom. The Bertz CT molecular complexity index is 499. The number of anilines is 2. The number of rotatable bonds is 4. The van der Waals surface area contributed by atoms with Crippen molar-refractivity contribution in [3.05, 3.63) is 5.56 Å². The summed E-state index contributed by atoms with van der Waals surface area (Å²) in [6, 6.07) is 0.235. The fraction of sp³-hybridized carbons (Fsp3) is 0.692. The summed E-state index contributed by atoms with van der Waals surface area (Å²) in [7, 11) is 1.35. The van der Waals surface area contributed by atoms with E-state index >= 15 is 0 Å². The molecule has 0 spiro atoms. The second-order valence-electron chi connectivity index (χ2n) is 5.27. The van der Waals surface area contributed by atoms with Crippen LogP contribution in [0.5, 0.6) is 0 Å². The lowest BCUT2D eigenvalue weighted by molar-refractivity contribution is 0.0602. The quantitative estimate of drug-likeness (QED) is 0.790. The fourth-order valence-corrected chi connectivity index (χ4v) is 2.44. The first-order valence-electron chi connectivity index (χ1n) is 6.96. The zero-order chi connectivity index (χ0) is 14.9. The Morgan fingerprint density at radius 3 is 2.80 bits per heavy atom. The minimum atomic E-state index is -0.451. The lowest BCUT2D eigenvalue weighted by Gasteiger charge is -2.16. The summed E-state index contributed by atoms with van der Waals surface area (Å²) in [5, 5.41) is 4.53. The van der Waals surface area contributed by atoms with E-state index in [9.17, 15) is 4.79 Å². The van der Waals surface area contributed by atoms with Gasteiger partial charge in [-0.2, -0.15) is 5.10 Å². The molecular weight excluding hydrogens is 258 g/mol. The van der Waals surface area contributed by atoms with Crippen molar-refractivity contribution >= 4 is 17.6 Å². The standard InChI is InChI=1S/C13H23N5O2/c1-4-8(2)18-11(15)10(13(19)20-3)12(16-18)17-6-5-9(14)7-17/h8-9H,4-7,14-15H2,1-3H3. The zero-order valence-electron chi connectivity index (χ0n) is 12.3. The molecule has 0 radical (unpaired) electrons. The van der Waals surface area contributed by atoms with Crippen LogP contribution in [0.15, 0.2) is 0 Å². The van der Waals surface area contributed by atoms with Crippen LogP contribution in [0.4, 0.5) is 11.6 Å². The van der Waals surface area contributed by atoms with Gasteiger partial charge in [-0.05, 0) is 19.8 Å². The van der Waals surface area contributed by atoms with Crippen LogP contribution in [0.1, 0.15) is 43.1 Å². The van der Waals surface area contributed by atoms with E-state index in [0.29, 0.717) is 23.7 Å². The number of carbonyl (C=O) groups is 1. The Morgan fingerprint density at radius 1 is 1.60 bits per heavy atom. The largest absolute Gasteiger partial charge is 0.465 e. The first-order chi connectivity index (χ1) is 9.49. The van der Waals surface area contributed by atoms with E-state index < -0.39 is 5.97 Å². The smallest absolute Gasteiger partial charge is 0.345 e. The van der Waals surface area contributed by atoms with E-state index in [1.165, 1.54) is 7.11 Å². The number of nitrogens with zero attached hydrogens (tertiary/aromatic N) is 3. The molecule has 0 aliphatic carbocycles. The molecule has 1 fully saturated rings. The fourth-order valence-electron chi connectivity index (χ4n) is 2.44. The van der Waals surface area contributed by atoms with Crippen molar-refractivity contribution in [2.75, 3.05) is 30.8 Å². The predicted molar refractivity (Wildman–Crippen MR) is 77.8 cm³/mol. The molecule has 0 aromatic carbocycles. The molecule has 1 aromatic rings. The lowest BCUT2D eigenvalue weighted by atomic mass is 10.2. The molecule has 0 saturated carbocycles. The Balaban J connectivity index is 2.45. The Hall–Kier alpha value is -1.76. The third kappa shape index (κ3) is 2.45. The van der Waals surface area contributed by atoms with E-state index in [1.807, 2.05) is 11.8 Å². The topological polar surface area (TPSA) is 99.4 Å². The van der Waals surface area contributed by atoms with Gasteiger partial charge in [-0.3, -0.25) is 0 Å². The highest BCUT2D eigenvalue weighted by Crippen LogP contribution is 2.31. The molecular formula is C13H23N5O2. The van der Waals surface area contributed by atoms with Crippen molar-refractivity contribution < 1.29 is 9.53 Å². The monoisotopic (exact) mass is 281 g/mol. The molecule has 4 N–H and O–H groups in total. The number of methoxy groups -OCH3 is 1. The van der Waals surface area contributed by atoms with Crippen molar-refractivity contribution in [2.24, 2.45) is 5.73 Å². The molecule has 7 heteroatoms. The summed E-state index contributed by atoms with van der Waals surface area (Å²) in [5.74, 6) is 0.497. The van der Waals surface area contributed by atoms with E-state index in [2.05, 4.69) is 12.0 Å². The number of hydrogen-bond donors (Lipinski definition) is 2. The van der Waals surface area contributed by atoms with Crippen LogP contribution < -0.4 is 16.4 Å². The number of ether oxygens (including phenoxy) is 1. The highest BCUT2D eigenvalue weighted by molar-refractivity contribution is 5.99. The Kier molecular flexibility index (Phi) is 4.17. The summed E-state index contributed by atoms with van der Waals surface area (Å²) in [5.41, 5.74) is 12.4. The molecule has 2 atom stereocenters. The van der Waals surface area contributed by atoms with Crippen LogP contribution in [0.3, 0.4) is 0 Å². The highest BCUT2D eigenvalue weighted by atomic mass is 16.5. The maximum absolute atomic E-state index is 12.0. The molecule has 2 unspecified atom stereocenters. The molecule has 1 saturated heterocycles. The number of nitrogens with two attached hydrogens (primary N) is 2. The van der Waals surface area contributed by atoms with Crippen LogP contribution in [-0.2, 0) is 4.74 Å². The van der Waals surface area contributed by atoms with E-state index in [1.54, 1.807) is 4.68 Å². The molecule has 1 aliphatic rings. The minimum Gasteiger partial charge on any atom is -0.465 e. The van der Waals surface area contributed by atoms with Crippen LogP contribution >= 0.6 is 0 Å². The maximum Gasteiger partial charge on any atom is 0.345 e. The molecule has 0 bridgehead atoms. The predicted octanol–water partition coefficient (Wildman–Crippen LogP) is 0.760. The molecule has 2 heterocycles. The summed E-state index contributed by atoms with van der Waals surface area (Å²) in [4.78, 5) is 14.0. The average Bonchev–Trinajstić information content (AvgIpc) is 3.01. The van der Waals surface area contributed by atoms with Gasteiger partial charge in [-0.1, -0.05) is 6.92 Å². The third-order valence-electron chi connectivity index (χ3n) is 3.85. The van der Waals surface area contributed by atoms with Gasteiger partial charge in [0.25, 0.3) is 0 Å². The van der Waals surface area contributed by atoms with E-state index in [0.717, 1.165) is 19.4 Å². The van der Waals surface area contributed by atoms with Gasteiger partial charge in [0.15, 0.2) is 5.82 Å². The molecule has 20 heavy (non-hydrogen) atoms. The van der Waals surface area contributed by atoms with Crippen LogP contribution in [0.2, 0.25) is 0 Å². The SMILES string of the molecule is CCC(C)n1nc(N2CCC(N)C2)c(C(=O)OC)c1N. The number of hydrogen-bond acceptors (Lipinski definition) is 6. The van der Waals surface area contributed by atoms with Crippen molar-refractivity contribution in [3.8, 4) is 0 Å². The molecule has 112 valence electrons. The normalized spacial score (nSPS) is 20.2. The van der Waals surface area contributed by atoms with Gasteiger partial charge in [0.2, 0.25) is 0 Å². The van der Waals surface area contributed by atoms with Gasteiger partial charge in [-0.15, -0.1) is 0 Å². The molecule has 1 aliphatic heterocycles. The number of nitrogen functional groups attached to an aromatic ring is 1. The number of carbonyl (C=O) groups excluding carboxylic acids is 1. The van der Waals surface area contributed by atoms with Gasteiger partial charge in [0.05, 0.1) is 13.2 Å². The second kappa shape index (κ2) is 5.70. The third-order valence-corrected chi connectivity index (χ3v) is 3.85. The minimum absolute atomic E-state index is 0.107. The first kappa shape index (κ1) is 14.6. The van der Waals surface area contributed by atoms with E-state index in [4.69, 9.17) is 16.2 Å². The van der Waals surface area contributed by atoms with Crippen molar-refractivity contribution in [1.29, 1.82) is 0 Å². The van der Waals surface area contributed by atoms with Crippen molar-refractivity contribution in [1.82, 2.24) is 9.78 Å². The van der Waals surface area contributed by atoms with Gasteiger partial charge in [-0.25, -0.2) is 9.48 Å². The van der Waals surface area contributed by atoms with Gasteiger partial charge in [0.1, 0.15) is 11.4 Å². The van der Waals surface area contributed by atoms with Crippen LogP contribution in [0, 0.1) is 0 Å². The molecule has 7 nitrogen and oxygen atoms in total. The Labute approximate surface area is 118 Å². The van der Waals surface area contributed by atoms with Crippen molar-refractivity contribution in [2.45, 2.75) is 38.8 Å². The average molecular weight is 281 g/mol. The van der Waals surface area contributed by atoms with E-state index in [-0.39, 0.29) is 12.1 Å². The van der Waals surface area contributed by atoms with Gasteiger partial charge in [0, 0.05) is 19.1 Å². The number of aromatic nitrogens is 2. The highest BCUT2D eigenvalue weighted by Gasteiger charge is 2.31. The lowest BCUT2D eigenvalue weighted by Crippen LogP contribution is -2.27. The summed E-state index contributed by atoms with van der Waals surface area (Å²) < 4.78 is 6.54. The second-order valence-corrected chi connectivity index (χ2v) is 5.27. The maximum atomic E-state index is 12.0. The van der Waals surface area contributed by atoms with Crippen molar-refractivity contribution in [3.63, 3.8) is 0 Å². The van der Waals surface area contributed by atoms with Gasteiger partial charge < -0.3 is 21.1 Å². The first-order valence-corrected chi connectivity index (χ1v) is 6.96. The number of esters is 1. The van der Waals surface area contributed by atoms with Crippen LogP contribution in [-0.4, -0.2) is 42.0 Å². The molecule has 1 aromatic heterocycles. The van der Waals surface area contributed by atoms with Crippen LogP contribution in [0.25, 0.3) is 0 Å².